The van der Waals surface area contributed by atoms with Crippen LogP contribution in [0.1, 0.15) is 12.0 Å². The molecule has 0 spiro atoms. The van der Waals surface area contributed by atoms with Gasteiger partial charge in [0.2, 0.25) is 0 Å². The van der Waals surface area contributed by atoms with Crippen LogP contribution in [0, 0.1) is 0 Å². The number of aliphatic hydroxyl groups is 1. The molecule has 0 saturated carbocycles. The highest BCUT2D eigenvalue weighted by molar-refractivity contribution is 5.47. The number of likely N-dealkylation sites (N-methyl/N-ethyl adjacent to an activating group) is 1. The van der Waals surface area contributed by atoms with Crippen molar-refractivity contribution in [1.29, 1.82) is 0 Å². The van der Waals surface area contributed by atoms with Crippen LogP contribution in [0.15, 0.2) is 24.3 Å². The predicted octanol–water partition coefficient (Wildman–Crippen LogP) is 1.40. The van der Waals surface area contributed by atoms with Crippen molar-refractivity contribution in [2.24, 2.45) is 0 Å². The molecule has 0 aliphatic carbocycles. The van der Waals surface area contributed by atoms with E-state index in [1.165, 1.54) is 5.69 Å². The van der Waals surface area contributed by atoms with Crippen molar-refractivity contribution in [2.75, 3.05) is 25.2 Å². The van der Waals surface area contributed by atoms with Crippen LogP contribution < -0.4 is 4.90 Å². The molecule has 0 aromatic heterocycles. The van der Waals surface area contributed by atoms with Crippen LogP contribution >= 0.6 is 0 Å². The Kier molecular flexibility index (Phi) is 3.23. The summed E-state index contributed by atoms with van der Waals surface area (Å²) in [6.07, 6.45) is 1.10. The minimum atomic E-state index is 0.108. The van der Waals surface area contributed by atoms with Crippen molar-refractivity contribution in [3.05, 3.63) is 29.8 Å². The second-order valence-electron chi connectivity index (χ2n) is 3.95. The fourth-order valence-corrected chi connectivity index (χ4v) is 1.87. The van der Waals surface area contributed by atoms with Crippen molar-refractivity contribution in [3.63, 3.8) is 0 Å². The molecular weight excluding hydrogens is 190 g/mol. The molecule has 1 fully saturated rings. The lowest BCUT2D eigenvalue weighted by Gasteiger charge is -2.25. The molecule has 1 aromatic carbocycles. The van der Waals surface area contributed by atoms with Gasteiger partial charge in [0.05, 0.1) is 19.3 Å². The van der Waals surface area contributed by atoms with Crippen LogP contribution in [-0.2, 0) is 11.3 Å². The van der Waals surface area contributed by atoms with E-state index >= 15 is 0 Å². The summed E-state index contributed by atoms with van der Waals surface area (Å²) in [5, 5.41) is 8.95. The van der Waals surface area contributed by atoms with Gasteiger partial charge in [0.25, 0.3) is 0 Å². The summed E-state index contributed by atoms with van der Waals surface area (Å²) in [6.45, 7) is 1.79. The SMILES string of the molecule is CN(c1ccc(CO)cc1)C1CCOC1. The first-order valence-corrected chi connectivity index (χ1v) is 5.31. The quantitative estimate of drug-likeness (QED) is 0.813. The predicted molar refractivity (Wildman–Crippen MR) is 60.0 cm³/mol. The normalized spacial score (nSPS) is 20.5. The lowest BCUT2D eigenvalue weighted by atomic mass is 10.1. The largest absolute Gasteiger partial charge is 0.392 e. The summed E-state index contributed by atoms with van der Waals surface area (Å²) in [6, 6.07) is 8.50. The molecule has 0 bridgehead atoms. The molecule has 0 radical (unpaired) electrons. The standard InChI is InChI=1S/C12H17NO2/c1-13(12-6-7-15-9-12)11-4-2-10(8-14)3-5-11/h2-5,12,14H,6-9H2,1H3. The van der Waals surface area contributed by atoms with E-state index in [4.69, 9.17) is 9.84 Å². The molecule has 15 heavy (non-hydrogen) atoms. The zero-order chi connectivity index (χ0) is 10.7. The van der Waals surface area contributed by atoms with Gasteiger partial charge in [-0.3, -0.25) is 0 Å². The van der Waals surface area contributed by atoms with Gasteiger partial charge in [-0.2, -0.15) is 0 Å². The summed E-state index contributed by atoms with van der Waals surface area (Å²) in [4.78, 5) is 2.24. The Labute approximate surface area is 90.3 Å². The van der Waals surface area contributed by atoms with Gasteiger partial charge in [0, 0.05) is 19.3 Å². The van der Waals surface area contributed by atoms with Crippen molar-refractivity contribution >= 4 is 5.69 Å². The molecule has 1 aliphatic rings. The molecule has 3 heteroatoms. The molecule has 3 nitrogen and oxygen atoms in total. The first kappa shape index (κ1) is 10.5. The Balaban J connectivity index is 2.07. The summed E-state index contributed by atoms with van der Waals surface area (Å²) in [7, 11) is 2.09. The third-order valence-corrected chi connectivity index (χ3v) is 2.98. The number of hydrogen-bond acceptors (Lipinski definition) is 3. The first-order chi connectivity index (χ1) is 7.31. The van der Waals surface area contributed by atoms with Crippen LogP contribution in [-0.4, -0.2) is 31.4 Å². The number of benzene rings is 1. The van der Waals surface area contributed by atoms with E-state index in [2.05, 4.69) is 11.9 Å². The lowest BCUT2D eigenvalue weighted by Crippen LogP contribution is -2.31. The van der Waals surface area contributed by atoms with E-state index < -0.39 is 0 Å². The highest BCUT2D eigenvalue weighted by Gasteiger charge is 2.20. The molecule has 1 aliphatic heterocycles. The van der Waals surface area contributed by atoms with Gasteiger partial charge in [-0.25, -0.2) is 0 Å². The molecule has 1 N–H and O–H groups in total. The van der Waals surface area contributed by atoms with Crippen LogP contribution in [0.2, 0.25) is 0 Å². The zero-order valence-corrected chi connectivity index (χ0v) is 9.02. The summed E-state index contributed by atoms with van der Waals surface area (Å²) < 4.78 is 5.36. The van der Waals surface area contributed by atoms with E-state index in [9.17, 15) is 0 Å². The van der Waals surface area contributed by atoms with Gasteiger partial charge >= 0.3 is 0 Å². The highest BCUT2D eigenvalue weighted by Crippen LogP contribution is 2.20. The molecular formula is C12H17NO2. The summed E-state index contributed by atoms with van der Waals surface area (Å²) >= 11 is 0. The third kappa shape index (κ3) is 2.30. The van der Waals surface area contributed by atoms with Crippen LogP contribution in [0.5, 0.6) is 0 Å². The molecule has 1 saturated heterocycles. The monoisotopic (exact) mass is 207 g/mol. The van der Waals surface area contributed by atoms with Gasteiger partial charge < -0.3 is 14.7 Å². The summed E-state index contributed by atoms with van der Waals surface area (Å²) in [5.41, 5.74) is 2.14. The fourth-order valence-electron chi connectivity index (χ4n) is 1.87. The van der Waals surface area contributed by atoms with E-state index in [1.807, 2.05) is 24.3 Å². The number of rotatable bonds is 3. The fraction of sp³-hybridized carbons (Fsp3) is 0.500. The van der Waals surface area contributed by atoms with E-state index in [0.29, 0.717) is 6.04 Å². The number of aliphatic hydroxyl groups excluding tert-OH is 1. The first-order valence-electron chi connectivity index (χ1n) is 5.31. The Bertz CT molecular complexity index is 304. The molecule has 1 heterocycles. The Morgan fingerprint density at radius 3 is 2.67 bits per heavy atom. The van der Waals surface area contributed by atoms with Crippen LogP contribution in [0.4, 0.5) is 5.69 Å². The van der Waals surface area contributed by atoms with Gasteiger partial charge in [0.1, 0.15) is 0 Å². The van der Waals surface area contributed by atoms with Gasteiger partial charge in [-0.1, -0.05) is 12.1 Å². The average Bonchev–Trinajstić information content (AvgIpc) is 2.82. The van der Waals surface area contributed by atoms with Gasteiger partial charge in [-0.15, -0.1) is 0 Å². The molecule has 1 unspecified atom stereocenters. The van der Waals surface area contributed by atoms with Crippen LogP contribution in [0.3, 0.4) is 0 Å². The highest BCUT2D eigenvalue weighted by atomic mass is 16.5. The van der Waals surface area contributed by atoms with Gasteiger partial charge in [-0.05, 0) is 24.1 Å². The zero-order valence-electron chi connectivity index (χ0n) is 9.02. The smallest absolute Gasteiger partial charge is 0.0681 e. The summed E-state index contributed by atoms with van der Waals surface area (Å²) in [5.74, 6) is 0. The Hall–Kier alpha value is -1.06. The van der Waals surface area contributed by atoms with Gasteiger partial charge in [0.15, 0.2) is 0 Å². The average molecular weight is 207 g/mol. The Morgan fingerprint density at radius 1 is 1.40 bits per heavy atom. The maximum absolute atomic E-state index is 8.95. The molecule has 1 aromatic rings. The minimum absolute atomic E-state index is 0.108. The molecule has 1 atom stereocenters. The van der Waals surface area contributed by atoms with Crippen molar-refractivity contribution in [3.8, 4) is 0 Å². The van der Waals surface area contributed by atoms with E-state index in [0.717, 1.165) is 25.2 Å². The number of hydrogen-bond donors (Lipinski definition) is 1. The molecule has 2 rings (SSSR count). The second kappa shape index (κ2) is 4.64. The lowest BCUT2D eigenvalue weighted by molar-refractivity contribution is 0.193. The number of nitrogens with zero attached hydrogens (tertiary/aromatic N) is 1. The number of ether oxygens (including phenoxy) is 1. The molecule has 82 valence electrons. The molecule has 0 amide bonds. The van der Waals surface area contributed by atoms with E-state index in [-0.39, 0.29) is 6.61 Å². The Morgan fingerprint density at radius 2 is 2.13 bits per heavy atom. The van der Waals surface area contributed by atoms with E-state index in [1.54, 1.807) is 0 Å². The third-order valence-electron chi connectivity index (χ3n) is 2.98. The minimum Gasteiger partial charge on any atom is -0.392 e. The second-order valence-corrected chi connectivity index (χ2v) is 3.95. The topological polar surface area (TPSA) is 32.7 Å². The van der Waals surface area contributed by atoms with Crippen molar-refractivity contribution < 1.29 is 9.84 Å². The number of anilines is 1. The maximum Gasteiger partial charge on any atom is 0.0681 e. The van der Waals surface area contributed by atoms with Crippen molar-refractivity contribution in [1.82, 2.24) is 0 Å². The van der Waals surface area contributed by atoms with Crippen molar-refractivity contribution in [2.45, 2.75) is 19.1 Å². The maximum atomic E-state index is 8.95. The van der Waals surface area contributed by atoms with Crippen LogP contribution in [0.25, 0.3) is 0 Å².